The van der Waals surface area contributed by atoms with E-state index in [1.54, 1.807) is 31.2 Å². The Kier molecular flexibility index (Phi) is 6.85. The molecule has 1 aliphatic rings. The molecule has 0 bridgehead atoms. The zero-order chi connectivity index (χ0) is 20.8. The summed E-state index contributed by atoms with van der Waals surface area (Å²) < 4.78 is 15.5. The molecule has 1 heterocycles. The van der Waals surface area contributed by atoms with Gasteiger partial charge in [-0.25, -0.2) is 9.59 Å². The Morgan fingerprint density at radius 2 is 1.96 bits per heavy atom. The molecule has 0 amide bonds. The number of allylic oxidation sites excluding steroid dienone is 2. The second kappa shape index (κ2) is 9.11. The quantitative estimate of drug-likeness (QED) is 0.442. The number of nitrogens with two attached hydrogens (primary N) is 1. The Morgan fingerprint density at radius 3 is 2.57 bits per heavy atom. The van der Waals surface area contributed by atoms with Crippen molar-refractivity contribution in [2.45, 2.75) is 19.8 Å². The van der Waals surface area contributed by atoms with Crippen LogP contribution in [0, 0.1) is 11.3 Å². The lowest BCUT2D eigenvalue weighted by Crippen LogP contribution is -2.26. The molecule has 1 aromatic carbocycles. The minimum atomic E-state index is -0.835. The summed E-state index contributed by atoms with van der Waals surface area (Å²) in [7, 11) is 0. The summed E-state index contributed by atoms with van der Waals surface area (Å²) in [5.41, 5.74) is 6.76. The molecule has 1 atom stereocenters. The first-order valence-corrected chi connectivity index (χ1v) is 8.68. The molecule has 0 radical (unpaired) electrons. The second-order valence-electron chi connectivity index (χ2n) is 5.97. The summed E-state index contributed by atoms with van der Waals surface area (Å²) in [5, 5.41) is 9.91. The summed E-state index contributed by atoms with van der Waals surface area (Å²) >= 11 is 6.28. The zero-order valence-corrected chi connectivity index (χ0v) is 16.2. The standard InChI is InChI=1S/C20H19ClN2O5/c1-11(2)19(24)26-8-9-27-20(25)16-12(3)28-18(23)14(10-22)17(16)13-6-4-5-7-15(13)21/h4-7,17H,1,8-9,23H2,2-3H3/t17-/m0/s1. The number of carbonyl (C=O) groups is 2. The van der Waals surface area contributed by atoms with Gasteiger partial charge in [-0.2, -0.15) is 5.26 Å². The van der Waals surface area contributed by atoms with E-state index < -0.39 is 17.9 Å². The van der Waals surface area contributed by atoms with Crippen molar-refractivity contribution in [2.24, 2.45) is 5.73 Å². The fourth-order valence-corrected chi connectivity index (χ4v) is 2.88. The van der Waals surface area contributed by atoms with E-state index in [9.17, 15) is 14.9 Å². The molecule has 0 saturated carbocycles. The number of esters is 2. The van der Waals surface area contributed by atoms with Crippen LogP contribution in [0.5, 0.6) is 0 Å². The molecule has 0 spiro atoms. The molecule has 2 N–H and O–H groups in total. The van der Waals surface area contributed by atoms with Crippen molar-refractivity contribution >= 4 is 23.5 Å². The molecule has 7 nitrogen and oxygen atoms in total. The van der Waals surface area contributed by atoms with Crippen LogP contribution < -0.4 is 5.73 Å². The second-order valence-corrected chi connectivity index (χ2v) is 6.38. The SMILES string of the molecule is C=C(C)C(=O)OCCOC(=O)C1=C(C)OC(N)=C(C#N)[C@@H]1c1ccccc1Cl. The Bertz CT molecular complexity index is 927. The number of nitrogens with zero attached hydrogens (tertiary/aromatic N) is 1. The lowest BCUT2D eigenvalue weighted by Gasteiger charge is -2.27. The third-order valence-electron chi connectivity index (χ3n) is 3.94. The molecule has 0 unspecified atom stereocenters. The van der Waals surface area contributed by atoms with Gasteiger partial charge in [-0.1, -0.05) is 36.4 Å². The van der Waals surface area contributed by atoms with E-state index in [1.807, 2.05) is 6.07 Å². The Balaban J connectivity index is 2.27. The van der Waals surface area contributed by atoms with E-state index in [4.69, 9.17) is 31.5 Å². The molecule has 1 aromatic rings. The lowest BCUT2D eigenvalue weighted by molar-refractivity contribution is -0.147. The normalized spacial score (nSPS) is 16.1. The van der Waals surface area contributed by atoms with E-state index in [-0.39, 0.29) is 41.6 Å². The fraction of sp³-hybridized carbons (Fsp3) is 0.250. The first-order chi connectivity index (χ1) is 13.3. The van der Waals surface area contributed by atoms with Crippen LogP contribution in [-0.4, -0.2) is 25.2 Å². The molecule has 0 aromatic heterocycles. The van der Waals surface area contributed by atoms with E-state index in [0.29, 0.717) is 10.6 Å². The van der Waals surface area contributed by atoms with E-state index in [0.717, 1.165) is 0 Å². The number of ether oxygens (including phenoxy) is 3. The van der Waals surface area contributed by atoms with Crippen LogP contribution >= 0.6 is 11.6 Å². The first-order valence-electron chi connectivity index (χ1n) is 8.30. The van der Waals surface area contributed by atoms with Crippen molar-refractivity contribution in [3.63, 3.8) is 0 Å². The average Bonchev–Trinajstić information content (AvgIpc) is 2.64. The Morgan fingerprint density at radius 1 is 1.32 bits per heavy atom. The fourth-order valence-electron chi connectivity index (χ4n) is 2.64. The van der Waals surface area contributed by atoms with Gasteiger partial charge < -0.3 is 19.9 Å². The maximum Gasteiger partial charge on any atom is 0.338 e. The Hall–Kier alpha value is -3.24. The van der Waals surface area contributed by atoms with Gasteiger partial charge in [0, 0.05) is 10.6 Å². The number of hydrogen-bond acceptors (Lipinski definition) is 7. The predicted octanol–water partition coefficient (Wildman–Crippen LogP) is 3.08. The van der Waals surface area contributed by atoms with Gasteiger partial charge in [-0.15, -0.1) is 0 Å². The highest BCUT2D eigenvalue weighted by Crippen LogP contribution is 2.41. The van der Waals surface area contributed by atoms with Gasteiger partial charge in [-0.05, 0) is 25.5 Å². The van der Waals surface area contributed by atoms with Crippen molar-refractivity contribution in [3.05, 3.63) is 69.8 Å². The molecule has 2 rings (SSSR count). The number of benzene rings is 1. The third-order valence-corrected chi connectivity index (χ3v) is 4.28. The van der Waals surface area contributed by atoms with Crippen molar-refractivity contribution in [1.82, 2.24) is 0 Å². The highest BCUT2D eigenvalue weighted by Gasteiger charge is 2.37. The van der Waals surface area contributed by atoms with Crippen LogP contribution in [0.3, 0.4) is 0 Å². The summed E-state index contributed by atoms with van der Waals surface area (Å²) in [5.74, 6) is -2.04. The molecule has 146 valence electrons. The van der Waals surface area contributed by atoms with Crippen molar-refractivity contribution in [2.75, 3.05) is 13.2 Å². The topological polar surface area (TPSA) is 112 Å². The predicted molar refractivity (Wildman–Crippen MR) is 102 cm³/mol. The summed E-state index contributed by atoms with van der Waals surface area (Å²) in [6.45, 7) is 6.21. The van der Waals surface area contributed by atoms with Crippen LogP contribution in [0.15, 0.2) is 59.2 Å². The Labute approximate surface area is 167 Å². The molecule has 0 aliphatic carbocycles. The lowest BCUT2D eigenvalue weighted by atomic mass is 9.83. The van der Waals surface area contributed by atoms with E-state index in [1.165, 1.54) is 6.92 Å². The van der Waals surface area contributed by atoms with Gasteiger partial charge in [0.2, 0.25) is 5.88 Å². The van der Waals surface area contributed by atoms with Crippen molar-refractivity contribution in [1.29, 1.82) is 5.26 Å². The molecule has 28 heavy (non-hydrogen) atoms. The monoisotopic (exact) mass is 402 g/mol. The highest BCUT2D eigenvalue weighted by molar-refractivity contribution is 6.31. The van der Waals surface area contributed by atoms with Crippen LogP contribution in [0.4, 0.5) is 0 Å². The smallest absolute Gasteiger partial charge is 0.338 e. The van der Waals surface area contributed by atoms with Gasteiger partial charge in [0.15, 0.2) is 0 Å². The summed E-state index contributed by atoms with van der Waals surface area (Å²) in [6, 6.07) is 8.78. The van der Waals surface area contributed by atoms with Gasteiger partial charge in [0.25, 0.3) is 0 Å². The van der Waals surface area contributed by atoms with Crippen LogP contribution in [0.2, 0.25) is 5.02 Å². The molecular weight excluding hydrogens is 384 g/mol. The molecule has 8 heteroatoms. The van der Waals surface area contributed by atoms with Crippen LogP contribution in [0.1, 0.15) is 25.3 Å². The minimum Gasteiger partial charge on any atom is -0.459 e. The molecule has 0 fully saturated rings. The molecule has 1 aliphatic heterocycles. The molecular formula is C20H19ClN2O5. The van der Waals surface area contributed by atoms with Crippen LogP contribution in [0.25, 0.3) is 0 Å². The van der Waals surface area contributed by atoms with Crippen molar-refractivity contribution in [3.8, 4) is 6.07 Å². The van der Waals surface area contributed by atoms with Crippen molar-refractivity contribution < 1.29 is 23.8 Å². The van der Waals surface area contributed by atoms with E-state index >= 15 is 0 Å². The van der Waals surface area contributed by atoms with Gasteiger partial charge in [0.1, 0.15) is 30.6 Å². The zero-order valence-electron chi connectivity index (χ0n) is 15.5. The number of halogens is 1. The van der Waals surface area contributed by atoms with Gasteiger partial charge in [0.05, 0.1) is 11.5 Å². The number of carbonyl (C=O) groups excluding carboxylic acids is 2. The van der Waals surface area contributed by atoms with Gasteiger partial charge >= 0.3 is 11.9 Å². The first kappa shape index (κ1) is 21.1. The maximum absolute atomic E-state index is 12.7. The van der Waals surface area contributed by atoms with E-state index in [2.05, 4.69) is 6.58 Å². The van der Waals surface area contributed by atoms with Crippen LogP contribution in [-0.2, 0) is 23.8 Å². The minimum absolute atomic E-state index is 0.0550. The summed E-state index contributed by atoms with van der Waals surface area (Å²) in [4.78, 5) is 24.1. The average molecular weight is 403 g/mol. The maximum atomic E-state index is 12.7. The van der Waals surface area contributed by atoms with Gasteiger partial charge in [-0.3, -0.25) is 0 Å². The molecule has 0 saturated heterocycles. The number of hydrogen-bond donors (Lipinski definition) is 1. The number of nitriles is 1. The highest BCUT2D eigenvalue weighted by atomic mass is 35.5. The number of rotatable bonds is 6. The largest absolute Gasteiger partial charge is 0.459 e. The third kappa shape index (κ3) is 4.53. The summed E-state index contributed by atoms with van der Waals surface area (Å²) in [6.07, 6.45) is 0.